The van der Waals surface area contributed by atoms with Crippen LogP contribution in [0.3, 0.4) is 0 Å². The van der Waals surface area contributed by atoms with Crippen LogP contribution in [0.25, 0.3) is 38.9 Å². The molecule has 3 aromatic heterocycles. The number of rotatable bonds is 4. The number of benzene rings is 3. The van der Waals surface area contributed by atoms with Gasteiger partial charge >= 0.3 is 21.1 Å². The van der Waals surface area contributed by atoms with Gasteiger partial charge in [-0.15, -0.1) is 41.3 Å². The van der Waals surface area contributed by atoms with Gasteiger partial charge in [0, 0.05) is 28.9 Å². The summed E-state index contributed by atoms with van der Waals surface area (Å²) in [4.78, 5) is 13.7. The quantitative estimate of drug-likeness (QED) is 0.176. The van der Waals surface area contributed by atoms with E-state index in [1.807, 2.05) is 50.4 Å². The van der Waals surface area contributed by atoms with Gasteiger partial charge in [0.05, 0.1) is 0 Å². The first kappa shape index (κ1) is 26.8. The molecule has 0 N–H and O–H groups in total. The van der Waals surface area contributed by atoms with E-state index >= 15 is 0 Å². The minimum absolute atomic E-state index is 0. The van der Waals surface area contributed by atoms with Crippen LogP contribution < -0.4 is 4.74 Å². The van der Waals surface area contributed by atoms with Gasteiger partial charge in [-0.2, -0.15) is 6.07 Å². The van der Waals surface area contributed by atoms with Crippen LogP contribution in [0.5, 0.6) is 11.5 Å². The van der Waals surface area contributed by atoms with Gasteiger partial charge in [-0.1, -0.05) is 56.6 Å². The zero-order valence-corrected chi connectivity index (χ0v) is 24.8. The maximum Gasteiger partial charge on any atom is 2.00 e. The first-order chi connectivity index (χ1) is 18.3. The summed E-state index contributed by atoms with van der Waals surface area (Å²) < 4.78 is 8.45. The molecule has 196 valence electrons. The summed E-state index contributed by atoms with van der Waals surface area (Å²) >= 11 is 0. The molecule has 0 aliphatic carbocycles. The first-order valence-electron chi connectivity index (χ1n) is 12.7. The molecule has 0 spiro atoms. The summed E-state index contributed by atoms with van der Waals surface area (Å²) in [5.41, 5.74) is 5.83. The summed E-state index contributed by atoms with van der Waals surface area (Å²) in [5.74, 6) is 2.80. The van der Waals surface area contributed by atoms with Gasteiger partial charge in [0.2, 0.25) is 0 Å². The normalized spacial score (nSPS) is 11.5. The number of hydrogen-bond acceptors (Lipinski definition) is 4. The third-order valence-corrected chi connectivity index (χ3v) is 6.63. The van der Waals surface area contributed by atoms with E-state index in [-0.39, 0.29) is 26.5 Å². The second-order valence-electron chi connectivity index (χ2n) is 10.6. The summed E-state index contributed by atoms with van der Waals surface area (Å²) in [5, 5.41) is 2.25. The van der Waals surface area contributed by atoms with Crippen molar-refractivity contribution in [2.24, 2.45) is 0 Å². The molecule has 0 bridgehead atoms. The molecular formula is C33H28N4OPt. The molecule has 0 unspecified atom stereocenters. The Labute approximate surface area is 243 Å². The predicted octanol–water partition coefficient (Wildman–Crippen LogP) is 7.94. The molecule has 3 aromatic carbocycles. The Morgan fingerprint density at radius 1 is 0.795 bits per heavy atom. The van der Waals surface area contributed by atoms with E-state index in [0.717, 1.165) is 50.4 Å². The smallest absolute Gasteiger partial charge is 0.503 e. The minimum Gasteiger partial charge on any atom is -0.503 e. The number of hydrogen-bond donors (Lipinski definition) is 0. The predicted molar refractivity (Wildman–Crippen MR) is 152 cm³/mol. The Bertz CT molecular complexity index is 1800. The minimum atomic E-state index is 0. The zero-order chi connectivity index (χ0) is 26.4. The number of ether oxygens (including phenoxy) is 1. The number of para-hydroxylation sites is 1. The maximum absolute atomic E-state index is 6.29. The van der Waals surface area contributed by atoms with Crippen molar-refractivity contribution in [1.29, 1.82) is 0 Å². The van der Waals surface area contributed by atoms with Crippen molar-refractivity contribution >= 4 is 21.8 Å². The van der Waals surface area contributed by atoms with E-state index in [4.69, 9.17) is 9.72 Å². The van der Waals surface area contributed by atoms with E-state index in [2.05, 4.69) is 89.9 Å². The van der Waals surface area contributed by atoms with Crippen molar-refractivity contribution in [3.05, 3.63) is 108 Å². The topological polar surface area (TPSA) is 52.8 Å². The van der Waals surface area contributed by atoms with Crippen LogP contribution in [0.2, 0.25) is 0 Å². The molecular weight excluding hydrogens is 663 g/mol. The molecule has 0 saturated carbocycles. The summed E-state index contributed by atoms with van der Waals surface area (Å²) in [6.45, 7) is 10.5. The molecule has 39 heavy (non-hydrogen) atoms. The van der Waals surface area contributed by atoms with Gasteiger partial charge in [0.25, 0.3) is 0 Å². The molecule has 0 radical (unpaired) electrons. The van der Waals surface area contributed by atoms with Crippen molar-refractivity contribution < 1.29 is 25.8 Å². The van der Waals surface area contributed by atoms with Crippen LogP contribution in [0.15, 0.2) is 79.0 Å². The van der Waals surface area contributed by atoms with Crippen LogP contribution in [-0.2, 0) is 26.5 Å². The van der Waals surface area contributed by atoms with Crippen molar-refractivity contribution in [3.63, 3.8) is 0 Å². The van der Waals surface area contributed by atoms with Crippen LogP contribution >= 0.6 is 0 Å². The van der Waals surface area contributed by atoms with E-state index in [0.29, 0.717) is 11.5 Å². The molecule has 0 amide bonds. The van der Waals surface area contributed by atoms with Crippen LogP contribution in [0.4, 0.5) is 0 Å². The standard InChI is InChI=1S/C33H28N4O.Pt/c1-21-17-29(36-22(2)35-21)23-9-8-10-25(18-23)38-26-13-14-28-27-11-6-7-12-30(27)37(31(28)20-26)32-19-24(15-16-34-32)33(3,4)5;/h6-17,19H,1-5H3;/q-2;+2. The second-order valence-corrected chi connectivity index (χ2v) is 10.6. The number of aromatic nitrogens is 4. The number of pyridine rings is 1. The van der Waals surface area contributed by atoms with E-state index in [1.165, 1.54) is 5.56 Å². The number of nitrogens with zero attached hydrogens (tertiary/aromatic N) is 4. The van der Waals surface area contributed by atoms with Crippen molar-refractivity contribution in [2.75, 3.05) is 0 Å². The fraction of sp³-hybridized carbons (Fsp3) is 0.182. The van der Waals surface area contributed by atoms with Crippen LogP contribution in [-0.4, -0.2) is 19.5 Å². The third kappa shape index (κ3) is 5.24. The Hall–Kier alpha value is -3.82. The van der Waals surface area contributed by atoms with Crippen LogP contribution in [0, 0.1) is 26.0 Å². The van der Waals surface area contributed by atoms with E-state index in [1.54, 1.807) is 0 Å². The molecule has 6 rings (SSSR count). The molecule has 0 aliphatic rings. The van der Waals surface area contributed by atoms with Crippen molar-refractivity contribution in [1.82, 2.24) is 19.5 Å². The van der Waals surface area contributed by atoms with Gasteiger partial charge in [0.15, 0.2) is 0 Å². The van der Waals surface area contributed by atoms with Gasteiger partial charge in [0.1, 0.15) is 11.6 Å². The Kier molecular flexibility index (Phi) is 7.13. The molecule has 0 atom stereocenters. The van der Waals surface area contributed by atoms with Gasteiger partial charge in [-0.3, -0.25) is 4.98 Å². The molecule has 0 aliphatic heterocycles. The number of aryl methyl sites for hydroxylation is 2. The van der Waals surface area contributed by atoms with Crippen molar-refractivity contribution in [2.45, 2.75) is 40.0 Å². The average molecular weight is 692 g/mol. The molecule has 5 nitrogen and oxygen atoms in total. The monoisotopic (exact) mass is 691 g/mol. The van der Waals surface area contributed by atoms with E-state index in [9.17, 15) is 0 Å². The fourth-order valence-electron chi connectivity index (χ4n) is 4.81. The summed E-state index contributed by atoms with van der Waals surface area (Å²) in [6, 6.07) is 31.3. The summed E-state index contributed by atoms with van der Waals surface area (Å²) in [7, 11) is 0. The Balaban J connectivity index is 0.00000308. The van der Waals surface area contributed by atoms with E-state index < -0.39 is 0 Å². The Morgan fingerprint density at radius 2 is 1.59 bits per heavy atom. The SMILES string of the molecule is Cc1cc(-c2[c-]c(Oc3[c-]c4c(cc3)c3ccccc3n4-c3cc(C(C)(C)C)ccn3)ccc2)nc(C)n1.[Pt+2]. The largest absolute Gasteiger partial charge is 2.00 e. The average Bonchev–Trinajstić information content (AvgIpc) is 3.21. The molecule has 6 heteroatoms. The first-order valence-corrected chi connectivity index (χ1v) is 12.7. The maximum atomic E-state index is 6.29. The molecule has 0 fully saturated rings. The number of fused-ring (bicyclic) bond motifs is 3. The molecule has 6 aromatic rings. The third-order valence-electron chi connectivity index (χ3n) is 6.63. The second kappa shape index (κ2) is 10.4. The summed E-state index contributed by atoms with van der Waals surface area (Å²) in [6.07, 6.45) is 1.88. The van der Waals surface area contributed by atoms with Crippen LogP contribution in [0.1, 0.15) is 37.9 Å². The van der Waals surface area contributed by atoms with Gasteiger partial charge in [-0.25, -0.2) is 9.97 Å². The van der Waals surface area contributed by atoms with Crippen molar-refractivity contribution in [3.8, 4) is 28.6 Å². The zero-order valence-electron chi connectivity index (χ0n) is 22.5. The molecule has 3 heterocycles. The Morgan fingerprint density at radius 3 is 2.38 bits per heavy atom. The van der Waals surface area contributed by atoms with Gasteiger partial charge < -0.3 is 9.30 Å². The fourth-order valence-corrected chi connectivity index (χ4v) is 4.81. The van der Waals surface area contributed by atoms with Gasteiger partial charge in [-0.05, 0) is 54.1 Å². The molecule has 0 saturated heterocycles.